The third-order valence-corrected chi connectivity index (χ3v) is 4.22. The first-order valence-electron chi connectivity index (χ1n) is 7.06. The van der Waals surface area contributed by atoms with Crippen LogP contribution in [0.3, 0.4) is 0 Å². The number of primary amides is 1. The molecule has 0 aromatic carbocycles. The first kappa shape index (κ1) is 14.1. The summed E-state index contributed by atoms with van der Waals surface area (Å²) < 4.78 is 0. The molecule has 0 aromatic rings. The van der Waals surface area contributed by atoms with Gasteiger partial charge in [0.1, 0.15) is 0 Å². The highest BCUT2D eigenvalue weighted by atomic mass is 16.3. The number of aliphatic hydroxyl groups excluding tert-OH is 1. The van der Waals surface area contributed by atoms with Gasteiger partial charge in [-0.05, 0) is 31.6 Å². The van der Waals surface area contributed by atoms with Gasteiger partial charge in [0, 0.05) is 32.8 Å². The van der Waals surface area contributed by atoms with Gasteiger partial charge >= 0.3 is 6.03 Å². The van der Waals surface area contributed by atoms with E-state index in [1.165, 1.54) is 0 Å². The molecule has 0 aromatic heterocycles. The van der Waals surface area contributed by atoms with Crippen LogP contribution in [0, 0.1) is 11.8 Å². The molecule has 0 saturated carbocycles. The number of hydrogen-bond donors (Lipinski definition) is 2. The molecule has 2 atom stereocenters. The van der Waals surface area contributed by atoms with Gasteiger partial charge in [0.25, 0.3) is 0 Å². The van der Waals surface area contributed by atoms with Crippen molar-refractivity contribution in [1.82, 2.24) is 9.80 Å². The van der Waals surface area contributed by atoms with E-state index in [4.69, 9.17) is 10.8 Å². The molecule has 6 nitrogen and oxygen atoms in total. The van der Waals surface area contributed by atoms with Gasteiger partial charge in [-0.25, -0.2) is 4.79 Å². The van der Waals surface area contributed by atoms with E-state index in [1.54, 1.807) is 4.90 Å². The second-order valence-corrected chi connectivity index (χ2v) is 5.57. The Balaban J connectivity index is 1.87. The van der Waals surface area contributed by atoms with E-state index in [1.807, 2.05) is 4.90 Å². The Hall–Kier alpha value is -1.30. The lowest BCUT2D eigenvalue weighted by molar-refractivity contribution is -0.136. The van der Waals surface area contributed by atoms with Gasteiger partial charge < -0.3 is 20.6 Å². The van der Waals surface area contributed by atoms with Crippen molar-refractivity contribution in [3.05, 3.63) is 0 Å². The maximum absolute atomic E-state index is 12.4. The summed E-state index contributed by atoms with van der Waals surface area (Å²) in [4.78, 5) is 27.0. The third kappa shape index (κ3) is 3.37. The summed E-state index contributed by atoms with van der Waals surface area (Å²) in [5.41, 5.74) is 5.28. The smallest absolute Gasteiger partial charge is 0.314 e. The van der Waals surface area contributed by atoms with E-state index in [9.17, 15) is 9.59 Å². The quantitative estimate of drug-likeness (QED) is 0.756. The van der Waals surface area contributed by atoms with Crippen LogP contribution < -0.4 is 5.73 Å². The van der Waals surface area contributed by atoms with Crippen molar-refractivity contribution < 1.29 is 14.7 Å². The molecule has 6 heteroatoms. The molecule has 108 valence electrons. The molecule has 2 rings (SSSR count). The fraction of sp³-hybridized carbons (Fsp3) is 0.846. The van der Waals surface area contributed by atoms with Gasteiger partial charge in [0.05, 0.1) is 5.92 Å². The summed E-state index contributed by atoms with van der Waals surface area (Å²) in [6.45, 7) is 2.82. The summed E-state index contributed by atoms with van der Waals surface area (Å²) in [5, 5.41) is 8.93. The van der Waals surface area contributed by atoms with Crippen LogP contribution in [0.2, 0.25) is 0 Å². The average Bonchev–Trinajstić information content (AvgIpc) is 2.87. The second-order valence-electron chi connectivity index (χ2n) is 5.57. The van der Waals surface area contributed by atoms with Crippen molar-refractivity contribution >= 4 is 11.9 Å². The van der Waals surface area contributed by atoms with E-state index in [0.29, 0.717) is 19.0 Å². The lowest BCUT2D eigenvalue weighted by atomic mass is 9.97. The van der Waals surface area contributed by atoms with Crippen LogP contribution in [0.1, 0.15) is 25.7 Å². The van der Waals surface area contributed by atoms with Crippen LogP contribution in [0.4, 0.5) is 4.79 Å². The third-order valence-electron chi connectivity index (χ3n) is 4.22. The summed E-state index contributed by atoms with van der Waals surface area (Å²) in [5.74, 6) is 0.463. The molecule has 2 heterocycles. The largest absolute Gasteiger partial charge is 0.396 e. The van der Waals surface area contributed by atoms with Gasteiger partial charge in [-0.3, -0.25) is 4.79 Å². The van der Waals surface area contributed by atoms with Crippen LogP contribution in [0.25, 0.3) is 0 Å². The first-order valence-corrected chi connectivity index (χ1v) is 7.06. The predicted octanol–water partition coefficient (Wildman–Crippen LogP) is 0.00800. The van der Waals surface area contributed by atoms with Crippen molar-refractivity contribution in [2.24, 2.45) is 17.6 Å². The summed E-state index contributed by atoms with van der Waals surface area (Å²) in [7, 11) is 0. The molecule has 2 aliphatic heterocycles. The fourth-order valence-corrected chi connectivity index (χ4v) is 3.09. The topological polar surface area (TPSA) is 86.9 Å². The number of urea groups is 1. The Kier molecular flexibility index (Phi) is 4.63. The van der Waals surface area contributed by atoms with Gasteiger partial charge in [0.15, 0.2) is 0 Å². The fourth-order valence-electron chi connectivity index (χ4n) is 3.09. The molecule has 19 heavy (non-hydrogen) atoms. The number of hydrogen-bond acceptors (Lipinski definition) is 3. The van der Waals surface area contributed by atoms with Crippen molar-refractivity contribution in [3.63, 3.8) is 0 Å². The Bertz CT molecular complexity index is 348. The summed E-state index contributed by atoms with van der Waals surface area (Å²) in [6.07, 6.45) is 3.41. The van der Waals surface area contributed by atoms with Crippen molar-refractivity contribution in [1.29, 1.82) is 0 Å². The zero-order valence-electron chi connectivity index (χ0n) is 11.3. The van der Waals surface area contributed by atoms with E-state index >= 15 is 0 Å². The standard InChI is InChI=1S/C13H23N3O3/c14-13(19)16-5-1-2-11(9-16)12(18)15-6-3-10(8-15)4-7-17/h10-11,17H,1-9H2,(H2,14,19). The average molecular weight is 269 g/mol. The summed E-state index contributed by atoms with van der Waals surface area (Å²) in [6, 6.07) is -0.433. The van der Waals surface area contributed by atoms with E-state index in [0.717, 1.165) is 38.8 Å². The minimum Gasteiger partial charge on any atom is -0.396 e. The number of amides is 3. The van der Waals surface area contributed by atoms with Crippen molar-refractivity contribution in [2.75, 3.05) is 32.8 Å². The zero-order chi connectivity index (χ0) is 13.8. The molecule has 2 unspecified atom stereocenters. The Morgan fingerprint density at radius 2 is 1.95 bits per heavy atom. The van der Waals surface area contributed by atoms with Gasteiger partial charge in [-0.15, -0.1) is 0 Å². The number of nitrogens with zero attached hydrogens (tertiary/aromatic N) is 2. The van der Waals surface area contributed by atoms with E-state index < -0.39 is 6.03 Å². The molecular weight excluding hydrogens is 246 g/mol. The number of rotatable bonds is 3. The SMILES string of the molecule is NC(=O)N1CCCC(C(=O)N2CCC(CCO)C2)C1. The molecule has 2 saturated heterocycles. The first-order chi connectivity index (χ1) is 9.11. The number of likely N-dealkylation sites (tertiary alicyclic amines) is 2. The zero-order valence-corrected chi connectivity index (χ0v) is 11.3. The van der Waals surface area contributed by atoms with Crippen molar-refractivity contribution in [2.45, 2.75) is 25.7 Å². The monoisotopic (exact) mass is 269 g/mol. The Morgan fingerprint density at radius 3 is 2.63 bits per heavy atom. The Morgan fingerprint density at radius 1 is 1.16 bits per heavy atom. The molecule has 3 N–H and O–H groups in total. The van der Waals surface area contributed by atoms with E-state index in [2.05, 4.69) is 0 Å². The second kappa shape index (κ2) is 6.23. The minimum atomic E-state index is -0.433. The molecule has 3 amide bonds. The number of carbonyl (C=O) groups excluding carboxylic acids is 2. The van der Waals surface area contributed by atoms with Crippen LogP contribution in [-0.2, 0) is 4.79 Å². The van der Waals surface area contributed by atoms with Crippen molar-refractivity contribution in [3.8, 4) is 0 Å². The number of aliphatic hydroxyl groups is 1. The molecule has 0 radical (unpaired) electrons. The van der Waals surface area contributed by atoms with Crippen LogP contribution in [0.5, 0.6) is 0 Å². The Labute approximate surface area is 113 Å². The van der Waals surface area contributed by atoms with Crippen LogP contribution >= 0.6 is 0 Å². The minimum absolute atomic E-state index is 0.103. The maximum atomic E-state index is 12.4. The summed E-state index contributed by atoms with van der Waals surface area (Å²) >= 11 is 0. The van der Waals surface area contributed by atoms with Gasteiger partial charge in [0.2, 0.25) is 5.91 Å². The number of nitrogens with two attached hydrogens (primary N) is 1. The van der Waals surface area contributed by atoms with Gasteiger partial charge in [-0.1, -0.05) is 0 Å². The van der Waals surface area contributed by atoms with Crippen LogP contribution in [0.15, 0.2) is 0 Å². The van der Waals surface area contributed by atoms with Crippen LogP contribution in [-0.4, -0.2) is 59.6 Å². The number of piperidine rings is 1. The molecule has 0 aliphatic carbocycles. The van der Waals surface area contributed by atoms with Gasteiger partial charge in [-0.2, -0.15) is 0 Å². The highest BCUT2D eigenvalue weighted by molar-refractivity contribution is 5.80. The lowest BCUT2D eigenvalue weighted by Crippen LogP contribution is -2.48. The number of carbonyl (C=O) groups is 2. The van der Waals surface area contributed by atoms with E-state index in [-0.39, 0.29) is 18.4 Å². The highest BCUT2D eigenvalue weighted by Gasteiger charge is 2.33. The lowest BCUT2D eigenvalue weighted by Gasteiger charge is -2.33. The predicted molar refractivity (Wildman–Crippen MR) is 70.3 cm³/mol. The molecule has 0 spiro atoms. The highest BCUT2D eigenvalue weighted by Crippen LogP contribution is 2.24. The normalized spacial score (nSPS) is 27.6. The molecular formula is C13H23N3O3. The molecule has 2 aliphatic rings. The molecule has 2 fully saturated rings. The molecule has 0 bridgehead atoms. The maximum Gasteiger partial charge on any atom is 0.314 e.